The Bertz CT molecular complexity index is 759. The quantitative estimate of drug-likeness (QED) is 0.874. The summed E-state index contributed by atoms with van der Waals surface area (Å²) in [4.78, 5) is 0.115. The van der Waals surface area contributed by atoms with Crippen molar-refractivity contribution in [1.82, 2.24) is 14.1 Å². The first-order valence-electron chi connectivity index (χ1n) is 7.48. The Morgan fingerprint density at radius 2 is 1.87 bits per heavy atom. The average Bonchev–Trinajstić information content (AvgIpc) is 2.95. The maximum absolute atomic E-state index is 12.7. The Labute approximate surface area is 137 Å². The molecule has 23 heavy (non-hydrogen) atoms. The Kier molecular flexibility index (Phi) is 4.93. The SMILES string of the molecule is CCN(CC(C)(C)O)S(=O)(=O)c1cnn(-c2ccc(C)cc2)c1. The van der Waals surface area contributed by atoms with E-state index in [9.17, 15) is 13.5 Å². The van der Waals surface area contributed by atoms with Gasteiger partial charge >= 0.3 is 0 Å². The smallest absolute Gasteiger partial charge is 0.246 e. The van der Waals surface area contributed by atoms with Crippen LogP contribution in [-0.2, 0) is 10.0 Å². The number of aryl methyl sites for hydroxylation is 1. The summed E-state index contributed by atoms with van der Waals surface area (Å²) in [7, 11) is -3.69. The first-order chi connectivity index (χ1) is 10.6. The molecule has 126 valence electrons. The minimum atomic E-state index is -3.69. The average molecular weight is 337 g/mol. The number of aliphatic hydroxyl groups is 1. The van der Waals surface area contributed by atoms with Gasteiger partial charge in [0.25, 0.3) is 0 Å². The lowest BCUT2D eigenvalue weighted by Crippen LogP contribution is -2.41. The molecule has 2 aromatic rings. The summed E-state index contributed by atoms with van der Waals surface area (Å²) in [6.45, 7) is 7.21. The predicted octanol–water partition coefficient (Wildman–Crippen LogP) is 1.96. The Morgan fingerprint density at radius 3 is 2.39 bits per heavy atom. The third-order valence-electron chi connectivity index (χ3n) is 3.41. The molecule has 0 unspecified atom stereocenters. The van der Waals surface area contributed by atoms with Gasteiger partial charge in [0.15, 0.2) is 0 Å². The Hall–Kier alpha value is -1.70. The van der Waals surface area contributed by atoms with Crippen molar-refractivity contribution < 1.29 is 13.5 Å². The monoisotopic (exact) mass is 337 g/mol. The maximum Gasteiger partial charge on any atom is 0.246 e. The number of hydrogen-bond acceptors (Lipinski definition) is 4. The van der Waals surface area contributed by atoms with Gasteiger partial charge < -0.3 is 5.11 Å². The van der Waals surface area contributed by atoms with Gasteiger partial charge in [0.1, 0.15) is 4.90 Å². The highest BCUT2D eigenvalue weighted by molar-refractivity contribution is 7.89. The molecule has 0 bridgehead atoms. The van der Waals surface area contributed by atoms with E-state index in [2.05, 4.69) is 5.10 Å². The van der Waals surface area contributed by atoms with Crippen molar-refractivity contribution in [3.8, 4) is 5.69 Å². The zero-order chi connectivity index (χ0) is 17.3. The van der Waals surface area contributed by atoms with E-state index in [1.165, 1.54) is 21.4 Å². The number of nitrogens with zero attached hydrogens (tertiary/aromatic N) is 3. The number of hydrogen-bond donors (Lipinski definition) is 1. The van der Waals surface area contributed by atoms with Crippen LogP contribution in [0, 0.1) is 6.92 Å². The fourth-order valence-electron chi connectivity index (χ4n) is 2.23. The van der Waals surface area contributed by atoms with Crippen LogP contribution in [-0.4, -0.2) is 46.3 Å². The Balaban J connectivity index is 2.32. The highest BCUT2D eigenvalue weighted by atomic mass is 32.2. The first-order valence-corrected chi connectivity index (χ1v) is 8.92. The molecule has 0 amide bonds. The topological polar surface area (TPSA) is 75.4 Å². The molecule has 0 saturated heterocycles. The van der Waals surface area contributed by atoms with Gasteiger partial charge in [-0.3, -0.25) is 0 Å². The molecule has 0 atom stereocenters. The van der Waals surface area contributed by atoms with Crippen LogP contribution in [0.5, 0.6) is 0 Å². The van der Waals surface area contributed by atoms with Crippen molar-refractivity contribution in [2.24, 2.45) is 0 Å². The third kappa shape index (κ3) is 4.19. The van der Waals surface area contributed by atoms with E-state index in [4.69, 9.17) is 0 Å². The predicted molar refractivity (Wildman–Crippen MR) is 89.0 cm³/mol. The molecule has 1 aromatic heterocycles. The molecular weight excluding hydrogens is 314 g/mol. The summed E-state index contributed by atoms with van der Waals surface area (Å²) in [6, 6.07) is 7.65. The highest BCUT2D eigenvalue weighted by Crippen LogP contribution is 2.19. The van der Waals surface area contributed by atoms with Crippen molar-refractivity contribution >= 4 is 10.0 Å². The fraction of sp³-hybridized carbons (Fsp3) is 0.438. The van der Waals surface area contributed by atoms with Crippen LogP contribution in [0.1, 0.15) is 26.3 Å². The summed E-state index contributed by atoms with van der Waals surface area (Å²) in [5.41, 5.74) is 0.814. The van der Waals surface area contributed by atoms with Crippen LogP contribution >= 0.6 is 0 Å². The Morgan fingerprint density at radius 1 is 1.26 bits per heavy atom. The second kappa shape index (κ2) is 6.43. The molecule has 0 fully saturated rings. The fourth-order valence-corrected chi connectivity index (χ4v) is 3.76. The van der Waals surface area contributed by atoms with Crippen LogP contribution in [0.2, 0.25) is 0 Å². The van der Waals surface area contributed by atoms with E-state index in [0.717, 1.165) is 11.3 Å². The molecule has 0 spiro atoms. The van der Waals surface area contributed by atoms with Gasteiger partial charge in [-0.25, -0.2) is 13.1 Å². The minimum Gasteiger partial charge on any atom is -0.389 e. The van der Waals surface area contributed by atoms with E-state index in [1.54, 1.807) is 20.8 Å². The molecule has 0 radical (unpaired) electrons. The summed E-state index contributed by atoms with van der Waals surface area (Å²) in [6.07, 6.45) is 2.83. The second-order valence-electron chi connectivity index (χ2n) is 6.20. The number of rotatable bonds is 6. The number of likely N-dealkylation sites (N-methyl/N-ethyl adjacent to an activating group) is 1. The van der Waals surface area contributed by atoms with Gasteiger partial charge in [-0.2, -0.15) is 9.40 Å². The van der Waals surface area contributed by atoms with Crippen molar-refractivity contribution in [2.45, 2.75) is 38.2 Å². The maximum atomic E-state index is 12.7. The van der Waals surface area contributed by atoms with Crippen molar-refractivity contribution in [1.29, 1.82) is 0 Å². The van der Waals surface area contributed by atoms with E-state index in [-0.39, 0.29) is 18.0 Å². The molecule has 1 heterocycles. The molecule has 7 heteroatoms. The summed E-state index contributed by atoms with van der Waals surface area (Å²) in [5, 5.41) is 14.1. The van der Waals surface area contributed by atoms with E-state index >= 15 is 0 Å². The van der Waals surface area contributed by atoms with E-state index in [0.29, 0.717) is 0 Å². The van der Waals surface area contributed by atoms with Crippen molar-refractivity contribution in [3.63, 3.8) is 0 Å². The third-order valence-corrected chi connectivity index (χ3v) is 5.28. The summed E-state index contributed by atoms with van der Waals surface area (Å²) < 4.78 is 28.2. The van der Waals surface area contributed by atoms with E-state index < -0.39 is 15.6 Å². The lowest BCUT2D eigenvalue weighted by Gasteiger charge is -2.26. The minimum absolute atomic E-state index is 0.0293. The van der Waals surface area contributed by atoms with Crippen LogP contribution < -0.4 is 0 Å². The summed E-state index contributed by atoms with van der Waals surface area (Å²) >= 11 is 0. The zero-order valence-corrected chi connectivity index (χ0v) is 14.7. The molecule has 0 aliphatic rings. The van der Waals surface area contributed by atoms with Gasteiger partial charge in [-0.1, -0.05) is 24.6 Å². The standard InChI is InChI=1S/C16H23N3O3S/c1-5-18(12-16(3,4)20)23(21,22)15-10-17-19(11-15)14-8-6-13(2)7-9-14/h6-11,20H,5,12H2,1-4H3. The number of benzene rings is 1. The van der Waals surface area contributed by atoms with Crippen molar-refractivity contribution in [2.75, 3.05) is 13.1 Å². The number of sulfonamides is 1. The molecule has 0 aliphatic carbocycles. The molecule has 1 aromatic carbocycles. The van der Waals surface area contributed by atoms with Crippen LogP contribution in [0.25, 0.3) is 5.69 Å². The lowest BCUT2D eigenvalue weighted by atomic mass is 10.1. The van der Waals surface area contributed by atoms with Gasteiger partial charge in [0.2, 0.25) is 10.0 Å². The van der Waals surface area contributed by atoms with Crippen molar-refractivity contribution in [3.05, 3.63) is 42.2 Å². The molecule has 0 aliphatic heterocycles. The largest absolute Gasteiger partial charge is 0.389 e. The molecule has 0 saturated carbocycles. The molecular formula is C16H23N3O3S. The van der Waals surface area contributed by atoms with Crippen LogP contribution in [0.4, 0.5) is 0 Å². The molecule has 2 rings (SSSR count). The first kappa shape index (κ1) is 17.7. The number of aromatic nitrogens is 2. The normalized spacial score (nSPS) is 12.8. The molecule has 6 nitrogen and oxygen atoms in total. The summed E-state index contributed by atoms with van der Waals surface area (Å²) in [5.74, 6) is 0. The van der Waals surface area contributed by atoms with Crippen LogP contribution in [0.3, 0.4) is 0 Å². The second-order valence-corrected chi connectivity index (χ2v) is 8.14. The lowest BCUT2D eigenvalue weighted by molar-refractivity contribution is 0.0601. The van der Waals surface area contributed by atoms with Gasteiger partial charge in [0.05, 0.1) is 23.7 Å². The van der Waals surface area contributed by atoms with Gasteiger partial charge in [-0.15, -0.1) is 0 Å². The zero-order valence-electron chi connectivity index (χ0n) is 13.9. The van der Waals surface area contributed by atoms with Gasteiger partial charge in [0, 0.05) is 13.1 Å². The highest BCUT2D eigenvalue weighted by Gasteiger charge is 2.29. The van der Waals surface area contributed by atoms with Crippen LogP contribution in [0.15, 0.2) is 41.6 Å². The van der Waals surface area contributed by atoms with E-state index in [1.807, 2.05) is 31.2 Å². The van der Waals surface area contributed by atoms with Gasteiger partial charge in [-0.05, 0) is 32.9 Å². The molecule has 1 N–H and O–H groups in total.